The Morgan fingerprint density at radius 2 is 2.05 bits per heavy atom. The molecule has 2 aliphatic heterocycles. The molecule has 0 bridgehead atoms. The lowest BCUT2D eigenvalue weighted by Crippen LogP contribution is -2.50. The van der Waals surface area contributed by atoms with Crippen molar-refractivity contribution in [2.24, 2.45) is 5.92 Å². The number of allylic oxidation sites excluding steroid dienone is 2. The van der Waals surface area contributed by atoms with E-state index in [1.165, 1.54) is 6.42 Å². The van der Waals surface area contributed by atoms with E-state index < -0.39 is 0 Å². The number of likely N-dealkylation sites (tertiary alicyclic amines) is 1. The molecule has 106 valence electrons. The van der Waals surface area contributed by atoms with Crippen LogP contribution in [0.25, 0.3) is 0 Å². The van der Waals surface area contributed by atoms with Crippen molar-refractivity contribution in [3.05, 3.63) is 12.2 Å². The molecule has 0 saturated carbocycles. The van der Waals surface area contributed by atoms with Crippen molar-refractivity contribution < 1.29 is 14.3 Å². The van der Waals surface area contributed by atoms with Gasteiger partial charge in [-0.15, -0.1) is 0 Å². The summed E-state index contributed by atoms with van der Waals surface area (Å²) in [5, 5.41) is 0. The van der Waals surface area contributed by atoms with Crippen LogP contribution < -0.4 is 0 Å². The highest BCUT2D eigenvalue weighted by atomic mass is 16.7. The van der Waals surface area contributed by atoms with Gasteiger partial charge in [-0.05, 0) is 38.0 Å². The van der Waals surface area contributed by atoms with E-state index in [2.05, 4.69) is 12.2 Å². The maximum atomic E-state index is 12.5. The van der Waals surface area contributed by atoms with Gasteiger partial charge in [0.25, 0.3) is 0 Å². The predicted octanol–water partition coefficient (Wildman–Crippen LogP) is 2.10. The summed E-state index contributed by atoms with van der Waals surface area (Å²) in [6.07, 6.45) is 10.4. The van der Waals surface area contributed by atoms with Crippen molar-refractivity contribution in [2.45, 2.75) is 50.9 Å². The molecule has 0 N–H and O–H groups in total. The average Bonchev–Trinajstić information content (AvgIpc) is 3.11. The second-order valence-electron chi connectivity index (χ2n) is 5.73. The zero-order valence-corrected chi connectivity index (χ0v) is 11.4. The number of carbonyl (C=O) groups is 1. The third-order valence-corrected chi connectivity index (χ3v) is 4.38. The Labute approximate surface area is 114 Å². The van der Waals surface area contributed by atoms with Gasteiger partial charge in [-0.3, -0.25) is 4.79 Å². The number of piperidine rings is 1. The van der Waals surface area contributed by atoms with Crippen LogP contribution in [0, 0.1) is 5.92 Å². The standard InChI is InChI=1S/C15H23NO3/c17-14(11-12-5-1-2-6-12)16-8-4-3-7-13(16)15-18-9-10-19-15/h1,5,12-13,15H,2-4,6-11H2. The highest BCUT2D eigenvalue weighted by Gasteiger charge is 2.36. The molecule has 3 rings (SSSR count). The van der Waals surface area contributed by atoms with Gasteiger partial charge in [-0.1, -0.05) is 12.2 Å². The summed E-state index contributed by atoms with van der Waals surface area (Å²) in [5.74, 6) is 0.723. The molecule has 1 amide bonds. The first-order chi connectivity index (χ1) is 9.34. The van der Waals surface area contributed by atoms with Crippen LogP contribution in [0.1, 0.15) is 38.5 Å². The van der Waals surface area contributed by atoms with Gasteiger partial charge >= 0.3 is 0 Å². The molecule has 1 aliphatic carbocycles. The Morgan fingerprint density at radius 3 is 2.79 bits per heavy atom. The Morgan fingerprint density at radius 1 is 1.21 bits per heavy atom. The number of carbonyl (C=O) groups excluding carboxylic acids is 1. The fraction of sp³-hybridized carbons (Fsp3) is 0.800. The van der Waals surface area contributed by atoms with E-state index in [0.717, 1.165) is 32.2 Å². The highest BCUT2D eigenvalue weighted by Crippen LogP contribution is 2.27. The topological polar surface area (TPSA) is 38.8 Å². The van der Waals surface area contributed by atoms with Crippen LogP contribution in [0.5, 0.6) is 0 Å². The average molecular weight is 265 g/mol. The largest absolute Gasteiger partial charge is 0.348 e. The maximum absolute atomic E-state index is 12.5. The van der Waals surface area contributed by atoms with Crippen LogP contribution in [0.2, 0.25) is 0 Å². The van der Waals surface area contributed by atoms with Crippen molar-refractivity contribution in [1.29, 1.82) is 0 Å². The molecule has 4 heteroatoms. The van der Waals surface area contributed by atoms with Crippen LogP contribution in [-0.2, 0) is 14.3 Å². The van der Waals surface area contributed by atoms with Gasteiger partial charge in [0, 0.05) is 13.0 Å². The lowest BCUT2D eigenvalue weighted by molar-refractivity contribution is -0.151. The molecular formula is C15H23NO3. The molecule has 0 aromatic heterocycles. The van der Waals surface area contributed by atoms with Gasteiger partial charge < -0.3 is 14.4 Å². The molecule has 3 aliphatic rings. The molecule has 2 unspecified atom stereocenters. The minimum Gasteiger partial charge on any atom is -0.348 e. The van der Waals surface area contributed by atoms with Gasteiger partial charge in [-0.2, -0.15) is 0 Å². The smallest absolute Gasteiger partial charge is 0.223 e. The minimum absolute atomic E-state index is 0.133. The quantitative estimate of drug-likeness (QED) is 0.734. The zero-order valence-electron chi connectivity index (χ0n) is 11.4. The van der Waals surface area contributed by atoms with Crippen molar-refractivity contribution in [3.8, 4) is 0 Å². The van der Waals surface area contributed by atoms with Gasteiger partial charge in [0.2, 0.25) is 5.91 Å². The number of amides is 1. The summed E-state index contributed by atoms with van der Waals surface area (Å²) in [5.41, 5.74) is 0. The minimum atomic E-state index is -0.191. The van der Waals surface area contributed by atoms with Crippen LogP contribution in [-0.4, -0.2) is 42.9 Å². The molecule has 19 heavy (non-hydrogen) atoms. The molecular weight excluding hydrogens is 242 g/mol. The SMILES string of the molecule is O=C(CC1C=CCC1)N1CCCCC1C1OCCO1. The first-order valence-corrected chi connectivity index (χ1v) is 7.54. The predicted molar refractivity (Wildman–Crippen MR) is 71.5 cm³/mol. The maximum Gasteiger partial charge on any atom is 0.223 e. The van der Waals surface area contributed by atoms with Gasteiger partial charge in [0.1, 0.15) is 0 Å². The second kappa shape index (κ2) is 6.06. The zero-order chi connectivity index (χ0) is 13.1. The number of nitrogens with zero attached hydrogens (tertiary/aromatic N) is 1. The molecule has 2 fully saturated rings. The molecule has 2 atom stereocenters. The van der Waals surface area contributed by atoms with Gasteiger partial charge in [0.05, 0.1) is 19.3 Å². The van der Waals surface area contributed by atoms with Crippen molar-refractivity contribution >= 4 is 5.91 Å². The van der Waals surface area contributed by atoms with Crippen LogP contribution >= 0.6 is 0 Å². The fourth-order valence-electron chi connectivity index (χ4n) is 3.36. The van der Waals surface area contributed by atoms with Crippen LogP contribution in [0.3, 0.4) is 0 Å². The molecule has 0 spiro atoms. The monoisotopic (exact) mass is 265 g/mol. The normalized spacial score (nSPS) is 32.1. The van der Waals surface area contributed by atoms with Crippen molar-refractivity contribution in [1.82, 2.24) is 4.90 Å². The third-order valence-electron chi connectivity index (χ3n) is 4.38. The van der Waals surface area contributed by atoms with Crippen molar-refractivity contribution in [3.63, 3.8) is 0 Å². The van der Waals surface area contributed by atoms with E-state index in [-0.39, 0.29) is 18.2 Å². The van der Waals surface area contributed by atoms with E-state index in [1.807, 2.05) is 4.90 Å². The Kier molecular flexibility index (Phi) is 4.18. The van der Waals surface area contributed by atoms with E-state index in [4.69, 9.17) is 9.47 Å². The third kappa shape index (κ3) is 3.00. The number of hydrogen-bond donors (Lipinski definition) is 0. The first kappa shape index (κ1) is 13.1. The lowest BCUT2D eigenvalue weighted by Gasteiger charge is -2.38. The molecule has 0 aromatic carbocycles. The summed E-state index contributed by atoms with van der Waals surface area (Å²) in [4.78, 5) is 14.5. The van der Waals surface area contributed by atoms with Gasteiger partial charge in [-0.25, -0.2) is 0 Å². The highest BCUT2D eigenvalue weighted by molar-refractivity contribution is 5.77. The first-order valence-electron chi connectivity index (χ1n) is 7.54. The van der Waals surface area contributed by atoms with Crippen molar-refractivity contribution in [2.75, 3.05) is 19.8 Å². The summed E-state index contributed by atoms with van der Waals surface area (Å²) >= 11 is 0. The van der Waals surface area contributed by atoms with E-state index >= 15 is 0 Å². The molecule has 0 radical (unpaired) electrons. The molecule has 4 nitrogen and oxygen atoms in total. The summed E-state index contributed by atoms with van der Waals surface area (Å²) in [6, 6.07) is 0.133. The summed E-state index contributed by atoms with van der Waals surface area (Å²) < 4.78 is 11.2. The number of hydrogen-bond acceptors (Lipinski definition) is 3. The van der Waals surface area contributed by atoms with E-state index in [9.17, 15) is 4.79 Å². The number of ether oxygens (including phenoxy) is 2. The van der Waals surface area contributed by atoms with E-state index in [1.54, 1.807) is 0 Å². The Balaban J connectivity index is 1.61. The van der Waals surface area contributed by atoms with Crippen LogP contribution in [0.4, 0.5) is 0 Å². The molecule has 0 aromatic rings. The van der Waals surface area contributed by atoms with Crippen LogP contribution in [0.15, 0.2) is 12.2 Å². The molecule has 2 heterocycles. The number of rotatable bonds is 3. The lowest BCUT2D eigenvalue weighted by atomic mass is 9.98. The Bertz CT molecular complexity index is 349. The summed E-state index contributed by atoms with van der Waals surface area (Å²) in [7, 11) is 0. The Hall–Kier alpha value is -0.870. The summed E-state index contributed by atoms with van der Waals surface area (Å²) in [6.45, 7) is 2.19. The fourth-order valence-corrected chi connectivity index (χ4v) is 3.36. The molecule has 2 saturated heterocycles. The second-order valence-corrected chi connectivity index (χ2v) is 5.73. The van der Waals surface area contributed by atoms with Gasteiger partial charge in [0.15, 0.2) is 6.29 Å². The van der Waals surface area contributed by atoms with E-state index in [0.29, 0.717) is 25.6 Å².